The zero-order valence-electron chi connectivity index (χ0n) is 13.7. The van der Waals surface area contributed by atoms with Gasteiger partial charge in [-0.3, -0.25) is 14.4 Å². The highest BCUT2D eigenvalue weighted by Gasteiger charge is 2.56. The van der Waals surface area contributed by atoms with Crippen molar-refractivity contribution in [3.63, 3.8) is 0 Å². The molecule has 2 aliphatic heterocycles. The fourth-order valence-corrected chi connectivity index (χ4v) is 3.40. The molecule has 2 atom stereocenters. The van der Waals surface area contributed by atoms with Crippen LogP contribution >= 0.6 is 11.6 Å². The van der Waals surface area contributed by atoms with E-state index < -0.39 is 23.8 Å². The van der Waals surface area contributed by atoms with Gasteiger partial charge in [0.15, 0.2) is 5.78 Å². The molecule has 6 nitrogen and oxygen atoms in total. The van der Waals surface area contributed by atoms with Gasteiger partial charge in [-0.2, -0.15) is 0 Å². The van der Waals surface area contributed by atoms with Gasteiger partial charge < -0.3 is 4.84 Å². The Balaban J connectivity index is 1.69. The number of carbonyl (C=O) groups excluding carboxylic acids is 3. The minimum absolute atomic E-state index is 0.0935. The minimum Gasteiger partial charge on any atom is -0.381 e. The van der Waals surface area contributed by atoms with Crippen molar-refractivity contribution in [1.29, 1.82) is 0 Å². The number of rotatable bonds is 3. The van der Waals surface area contributed by atoms with Gasteiger partial charge in [0.2, 0.25) is 12.0 Å². The molecule has 0 N–H and O–H groups in total. The Bertz CT molecular complexity index is 968. The van der Waals surface area contributed by atoms with Crippen molar-refractivity contribution in [2.75, 3.05) is 4.90 Å². The van der Waals surface area contributed by atoms with E-state index in [0.29, 0.717) is 27.5 Å². The van der Waals surface area contributed by atoms with Crippen LogP contribution in [0.3, 0.4) is 0 Å². The molecule has 0 radical (unpaired) electrons. The highest BCUT2D eigenvalue weighted by Crippen LogP contribution is 2.36. The Morgan fingerprint density at radius 1 is 1.08 bits per heavy atom. The average molecular weight is 369 g/mol. The van der Waals surface area contributed by atoms with Gasteiger partial charge in [0.1, 0.15) is 11.6 Å². The van der Waals surface area contributed by atoms with Crippen LogP contribution in [0.1, 0.15) is 22.8 Å². The minimum atomic E-state index is -0.999. The van der Waals surface area contributed by atoms with Gasteiger partial charge in [-0.05, 0) is 37.3 Å². The van der Waals surface area contributed by atoms with Crippen LogP contribution in [0.4, 0.5) is 5.69 Å². The Hall–Kier alpha value is -2.99. The zero-order valence-corrected chi connectivity index (χ0v) is 14.4. The molecular formula is C19H13ClN2O4. The predicted octanol–water partition coefficient (Wildman–Crippen LogP) is 2.84. The van der Waals surface area contributed by atoms with Crippen molar-refractivity contribution in [3.05, 3.63) is 64.7 Å². The van der Waals surface area contributed by atoms with E-state index in [1.165, 1.54) is 6.92 Å². The van der Waals surface area contributed by atoms with E-state index in [1.807, 2.05) is 0 Å². The normalized spacial score (nSPS) is 21.5. The Kier molecular flexibility index (Phi) is 3.85. The number of benzene rings is 2. The fraction of sp³-hybridized carbons (Fsp3) is 0.158. The summed E-state index contributed by atoms with van der Waals surface area (Å²) < 4.78 is 0. The number of amides is 2. The van der Waals surface area contributed by atoms with Crippen LogP contribution in [0.25, 0.3) is 0 Å². The van der Waals surface area contributed by atoms with Gasteiger partial charge in [-0.25, -0.2) is 4.90 Å². The maximum Gasteiger partial charge on any atom is 0.278 e. The summed E-state index contributed by atoms with van der Waals surface area (Å²) in [7, 11) is 0. The molecule has 0 bridgehead atoms. The van der Waals surface area contributed by atoms with Gasteiger partial charge in [0, 0.05) is 16.1 Å². The molecule has 0 saturated carbocycles. The molecule has 0 spiro atoms. The van der Waals surface area contributed by atoms with Gasteiger partial charge >= 0.3 is 0 Å². The number of ketones is 1. The second kappa shape index (κ2) is 6.07. The van der Waals surface area contributed by atoms with E-state index >= 15 is 0 Å². The lowest BCUT2D eigenvalue weighted by molar-refractivity contribution is -0.126. The van der Waals surface area contributed by atoms with Crippen molar-refractivity contribution in [1.82, 2.24) is 0 Å². The molecule has 2 aromatic rings. The SMILES string of the molecule is CC(=O)c1ccc(N2C(=O)[C@@H]3C(c4ccccc4Cl)=NO[C@@H]3C2=O)cc1. The van der Waals surface area contributed by atoms with Gasteiger partial charge in [0.25, 0.3) is 5.91 Å². The third-order valence-electron chi connectivity index (χ3n) is 4.49. The lowest BCUT2D eigenvalue weighted by atomic mass is 9.94. The maximum atomic E-state index is 12.9. The molecule has 0 aliphatic carbocycles. The summed E-state index contributed by atoms with van der Waals surface area (Å²) in [5, 5.41) is 4.37. The first-order valence-corrected chi connectivity index (χ1v) is 8.34. The quantitative estimate of drug-likeness (QED) is 0.616. The molecule has 0 unspecified atom stereocenters. The van der Waals surface area contributed by atoms with Crippen LogP contribution in [0.15, 0.2) is 53.7 Å². The molecule has 1 fully saturated rings. The molecule has 0 aromatic heterocycles. The molecular weight excluding hydrogens is 356 g/mol. The number of oxime groups is 1. The first-order valence-electron chi connectivity index (χ1n) is 7.96. The molecule has 2 heterocycles. The number of Topliss-reactive ketones (excluding diaryl/α,β-unsaturated/α-hetero) is 1. The largest absolute Gasteiger partial charge is 0.381 e. The number of hydrogen-bond acceptors (Lipinski definition) is 5. The molecule has 26 heavy (non-hydrogen) atoms. The van der Waals surface area contributed by atoms with E-state index in [9.17, 15) is 14.4 Å². The van der Waals surface area contributed by atoms with E-state index in [1.54, 1.807) is 48.5 Å². The molecule has 2 amide bonds. The topological polar surface area (TPSA) is 76.0 Å². The Labute approximate surface area is 154 Å². The van der Waals surface area contributed by atoms with Crippen LogP contribution in [-0.2, 0) is 14.4 Å². The van der Waals surface area contributed by atoms with Crippen LogP contribution < -0.4 is 4.90 Å². The molecule has 4 rings (SSSR count). The maximum absolute atomic E-state index is 12.9. The van der Waals surface area contributed by atoms with E-state index in [-0.39, 0.29) is 5.78 Å². The summed E-state index contributed by atoms with van der Waals surface area (Å²) in [5.41, 5.74) is 1.81. The molecule has 130 valence electrons. The molecule has 2 aromatic carbocycles. The van der Waals surface area contributed by atoms with Gasteiger partial charge in [-0.1, -0.05) is 35.0 Å². The smallest absolute Gasteiger partial charge is 0.278 e. The standard InChI is InChI=1S/C19H13ClN2O4/c1-10(23)11-6-8-12(9-7-11)22-18(24)15-16(21-26-17(15)19(22)25)13-4-2-3-5-14(13)20/h2-9,15,17H,1H3/t15-,17+/m1/s1. The molecule has 1 saturated heterocycles. The lowest BCUT2D eigenvalue weighted by Crippen LogP contribution is -2.33. The summed E-state index contributed by atoms with van der Waals surface area (Å²) in [5.74, 6) is -1.84. The van der Waals surface area contributed by atoms with Crippen molar-refractivity contribution >= 4 is 40.6 Å². The lowest BCUT2D eigenvalue weighted by Gasteiger charge is -2.15. The molecule has 7 heteroatoms. The highest BCUT2D eigenvalue weighted by molar-refractivity contribution is 6.38. The van der Waals surface area contributed by atoms with Gasteiger partial charge in [-0.15, -0.1) is 0 Å². The second-order valence-corrected chi connectivity index (χ2v) is 6.48. The monoisotopic (exact) mass is 368 g/mol. The van der Waals surface area contributed by atoms with Crippen molar-refractivity contribution in [2.45, 2.75) is 13.0 Å². The molecule has 2 aliphatic rings. The van der Waals surface area contributed by atoms with Crippen LogP contribution in [0.5, 0.6) is 0 Å². The van der Waals surface area contributed by atoms with Crippen molar-refractivity contribution in [2.24, 2.45) is 11.1 Å². The Morgan fingerprint density at radius 3 is 2.42 bits per heavy atom. The number of hydrogen-bond donors (Lipinski definition) is 0. The number of nitrogens with zero attached hydrogens (tertiary/aromatic N) is 2. The third-order valence-corrected chi connectivity index (χ3v) is 4.82. The van der Waals surface area contributed by atoms with E-state index in [4.69, 9.17) is 16.4 Å². The number of imide groups is 1. The van der Waals surface area contributed by atoms with E-state index in [0.717, 1.165) is 4.90 Å². The highest BCUT2D eigenvalue weighted by atomic mass is 35.5. The summed E-state index contributed by atoms with van der Waals surface area (Å²) in [6, 6.07) is 13.3. The van der Waals surface area contributed by atoms with E-state index in [2.05, 4.69) is 5.16 Å². The third kappa shape index (κ3) is 2.42. The second-order valence-electron chi connectivity index (χ2n) is 6.08. The van der Waals surface area contributed by atoms with Gasteiger partial charge in [0.05, 0.1) is 5.69 Å². The summed E-state index contributed by atoms with van der Waals surface area (Å²) in [4.78, 5) is 43.4. The predicted molar refractivity (Wildman–Crippen MR) is 95.3 cm³/mol. The number of carbonyl (C=O) groups is 3. The summed E-state index contributed by atoms with van der Waals surface area (Å²) in [6.07, 6.45) is -0.999. The Morgan fingerprint density at radius 2 is 1.77 bits per heavy atom. The fourth-order valence-electron chi connectivity index (χ4n) is 3.17. The number of anilines is 1. The summed E-state index contributed by atoms with van der Waals surface area (Å²) >= 11 is 6.20. The number of fused-ring (bicyclic) bond motifs is 1. The first-order chi connectivity index (χ1) is 12.5. The number of halogens is 1. The average Bonchev–Trinajstić information content (AvgIpc) is 3.16. The van der Waals surface area contributed by atoms with Crippen LogP contribution in [0, 0.1) is 5.92 Å². The van der Waals surface area contributed by atoms with Crippen molar-refractivity contribution < 1.29 is 19.2 Å². The van der Waals surface area contributed by atoms with Crippen LogP contribution in [-0.4, -0.2) is 29.4 Å². The van der Waals surface area contributed by atoms with Crippen LogP contribution in [0.2, 0.25) is 5.02 Å². The summed E-state index contributed by atoms with van der Waals surface area (Å²) in [6.45, 7) is 1.45. The zero-order chi connectivity index (χ0) is 18.4. The first kappa shape index (κ1) is 16.5. The van der Waals surface area contributed by atoms with Crippen molar-refractivity contribution in [3.8, 4) is 0 Å².